The minimum absolute atomic E-state index is 0.0108. The molecule has 0 aliphatic carbocycles. The van der Waals surface area contributed by atoms with Crippen LogP contribution in [-0.2, 0) is 4.79 Å². The van der Waals surface area contributed by atoms with E-state index in [9.17, 15) is 14.4 Å². The summed E-state index contributed by atoms with van der Waals surface area (Å²) < 4.78 is 0. The van der Waals surface area contributed by atoms with Crippen LogP contribution in [0.1, 0.15) is 38.8 Å². The smallest absolute Gasteiger partial charge is 0.264 e. The van der Waals surface area contributed by atoms with Gasteiger partial charge in [0.05, 0.1) is 4.88 Å². The van der Waals surface area contributed by atoms with Crippen LogP contribution in [0.5, 0.6) is 0 Å². The number of carbonyl (C=O) groups excluding carboxylic acids is 3. The van der Waals surface area contributed by atoms with Crippen LogP contribution in [0.4, 0.5) is 0 Å². The Labute approximate surface area is 185 Å². The first kappa shape index (κ1) is 22.3. The van der Waals surface area contributed by atoms with Gasteiger partial charge in [-0.3, -0.25) is 14.4 Å². The van der Waals surface area contributed by atoms with Crippen LogP contribution in [0.25, 0.3) is 0 Å². The molecule has 160 valence electrons. The first-order valence-electron chi connectivity index (χ1n) is 9.97. The minimum atomic E-state index is -0.629. The number of amides is 3. The van der Waals surface area contributed by atoms with Gasteiger partial charge in [0, 0.05) is 41.6 Å². The van der Waals surface area contributed by atoms with Crippen molar-refractivity contribution in [3.8, 4) is 0 Å². The van der Waals surface area contributed by atoms with Gasteiger partial charge >= 0.3 is 0 Å². The van der Waals surface area contributed by atoms with E-state index in [1.54, 1.807) is 34.1 Å². The molecule has 0 spiro atoms. The van der Waals surface area contributed by atoms with Crippen molar-refractivity contribution in [3.63, 3.8) is 0 Å². The van der Waals surface area contributed by atoms with Crippen molar-refractivity contribution < 1.29 is 14.4 Å². The van der Waals surface area contributed by atoms with Crippen molar-refractivity contribution in [3.05, 3.63) is 56.7 Å². The van der Waals surface area contributed by atoms with E-state index < -0.39 is 6.04 Å². The number of benzene rings is 1. The molecule has 1 fully saturated rings. The molecule has 30 heavy (non-hydrogen) atoms. The number of aryl methyl sites for hydroxylation is 1. The van der Waals surface area contributed by atoms with Crippen LogP contribution < -0.4 is 5.32 Å². The van der Waals surface area contributed by atoms with Gasteiger partial charge in [-0.15, -0.1) is 11.3 Å². The van der Waals surface area contributed by atoms with Crippen molar-refractivity contribution in [2.75, 3.05) is 26.2 Å². The number of hydrogen-bond donors (Lipinski definition) is 1. The Kier molecular flexibility index (Phi) is 7.15. The molecule has 1 N–H and O–H groups in total. The lowest BCUT2D eigenvalue weighted by Gasteiger charge is -2.37. The van der Waals surface area contributed by atoms with Crippen LogP contribution in [0.3, 0.4) is 0 Å². The van der Waals surface area contributed by atoms with E-state index in [-0.39, 0.29) is 23.6 Å². The number of nitrogens with one attached hydrogen (secondary N) is 1. The van der Waals surface area contributed by atoms with Crippen LogP contribution in [0.2, 0.25) is 5.02 Å². The number of rotatable bonds is 5. The summed E-state index contributed by atoms with van der Waals surface area (Å²) in [6.07, 6.45) is 0. The number of thiophene rings is 1. The zero-order valence-corrected chi connectivity index (χ0v) is 18.9. The topological polar surface area (TPSA) is 69.7 Å². The highest BCUT2D eigenvalue weighted by atomic mass is 35.5. The third-order valence-corrected chi connectivity index (χ3v) is 6.40. The van der Waals surface area contributed by atoms with Gasteiger partial charge in [-0.05, 0) is 49.2 Å². The molecule has 1 aliphatic heterocycles. The second kappa shape index (κ2) is 9.62. The standard InChI is InChI=1S/C22H26ClN3O3S/c1-14(2)19(24-20(27)16-5-7-17(23)8-6-16)22(29)26-12-10-25(11-13-26)21(28)18-9-4-15(3)30-18/h4-9,14,19H,10-13H2,1-3H3,(H,24,27). The van der Waals surface area contributed by atoms with Crippen LogP contribution in [-0.4, -0.2) is 59.7 Å². The third-order valence-electron chi connectivity index (χ3n) is 5.16. The van der Waals surface area contributed by atoms with Crippen LogP contribution >= 0.6 is 22.9 Å². The van der Waals surface area contributed by atoms with Gasteiger partial charge in [0.15, 0.2) is 0 Å². The molecule has 0 radical (unpaired) electrons. The third kappa shape index (κ3) is 5.21. The maximum atomic E-state index is 13.1. The SMILES string of the molecule is Cc1ccc(C(=O)N2CCN(C(=O)C(NC(=O)c3ccc(Cl)cc3)C(C)C)CC2)s1. The van der Waals surface area contributed by atoms with E-state index in [1.807, 2.05) is 32.9 Å². The zero-order chi connectivity index (χ0) is 21.8. The molecule has 8 heteroatoms. The van der Waals surface area contributed by atoms with E-state index >= 15 is 0 Å². The molecule has 1 aliphatic rings. The minimum Gasteiger partial charge on any atom is -0.340 e. The summed E-state index contributed by atoms with van der Waals surface area (Å²) in [5, 5.41) is 3.41. The average Bonchev–Trinajstić information content (AvgIpc) is 3.17. The predicted octanol–water partition coefficient (Wildman–Crippen LogP) is 3.45. The fraction of sp³-hybridized carbons (Fsp3) is 0.409. The quantitative estimate of drug-likeness (QED) is 0.763. The fourth-order valence-corrected chi connectivity index (χ4v) is 4.33. The van der Waals surface area contributed by atoms with E-state index in [1.165, 1.54) is 11.3 Å². The second-order valence-corrected chi connectivity index (χ2v) is 9.45. The molecule has 1 aromatic heterocycles. The van der Waals surface area contributed by atoms with Crippen LogP contribution in [0.15, 0.2) is 36.4 Å². The highest BCUT2D eigenvalue weighted by molar-refractivity contribution is 7.13. The Morgan fingerprint density at radius 1 is 0.967 bits per heavy atom. The summed E-state index contributed by atoms with van der Waals surface area (Å²) in [5.74, 6) is -0.480. The summed E-state index contributed by atoms with van der Waals surface area (Å²) >= 11 is 7.36. The Morgan fingerprint density at radius 3 is 2.10 bits per heavy atom. The Hall–Kier alpha value is -2.38. The van der Waals surface area contributed by atoms with Crippen molar-refractivity contribution >= 4 is 40.7 Å². The largest absolute Gasteiger partial charge is 0.340 e. The fourth-order valence-electron chi connectivity index (χ4n) is 3.37. The molecule has 2 heterocycles. The van der Waals surface area contributed by atoms with E-state index in [4.69, 9.17) is 11.6 Å². The molecule has 2 aromatic rings. The first-order chi connectivity index (χ1) is 14.3. The Bertz CT molecular complexity index is 918. The second-order valence-electron chi connectivity index (χ2n) is 7.73. The summed E-state index contributed by atoms with van der Waals surface area (Å²) in [5.41, 5.74) is 0.458. The van der Waals surface area contributed by atoms with E-state index in [0.717, 1.165) is 9.75 Å². The van der Waals surface area contributed by atoms with Gasteiger partial charge in [-0.2, -0.15) is 0 Å². The Balaban J connectivity index is 1.60. The lowest BCUT2D eigenvalue weighted by Crippen LogP contribution is -2.57. The number of halogens is 1. The first-order valence-corrected chi connectivity index (χ1v) is 11.2. The lowest BCUT2D eigenvalue weighted by atomic mass is 10.0. The molecule has 0 bridgehead atoms. The summed E-state index contributed by atoms with van der Waals surface area (Å²) in [7, 11) is 0. The lowest BCUT2D eigenvalue weighted by molar-refractivity contribution is -0.135. The van der Waals surface area contributed by atoms with E-state index in [0.29, 0.717) is 36.8 Å². The molecule has 3 rings (SSSR count). The molecule has 1 unspecified atom stereocenters. The molecule has 3 amide bonds. The van der Waals surface area contributed by atoms with Gasteiger partial charge in [0.1, 0.15) is 6.04 Å². The summed E-state index contributed by atoms with van der Waals surface area (Å²) in [4.78, 5) is 43.6. The number of nitrogens with zero attached hydrogens (tertiary/aromatic N) is 2. The molecule has 1 saturated heterocycles. The number of carbonyl (C=O) groups is 3. The van der Waals surface area contributed by atoms with Crippen LogP contribution in [0, 0.1) is 12.8 Å². The Morgan fingerprint density at radius 2 is 1.57 bits per heavy atom. The number of hydrogen-bond acceptors (Lipinski definition) is 4. The van der Waals surface area contributed by atoms with Gasteiger partial charge in [0.25, 0.3) is 11.8 Å². The van der Waals surface area contributed by atoms with E-state index in [2.05, 4.69) is 5.32 Å². The highest BCUT2D eigenvalue weighted by Crippen LogP contribution is 2.19. The highest BCUT2D eigenvalue weighted by Gasteiger charge is 2.32. The van der Waals surface area contributed by atoms with Crippen molar-refractivity contribution in [2.45, 2.75) is 26.8 Å². The maximum Gasteiger partial charge on any atom is 0.264 e. The molecular formula is C22H26ClN3O3S. The van der Waals surface area contributed by atoms with Gasteiger partial charge < -0.3 is 15.1 Å². The predicted molar refractivity (Wildman–Crippen MR) is 119 cm³/mol. The van der Waals surface area contributed by atoms with Crippen molar-refractivity contribution in [1.82, 2.24) is 15.1 Å². The summed E-state index contributed by atoms with van der Waals surface area (Å²) in [6.45, 7) is 7.66. The number of piperazine rings is 1. The van der Waals surface area contributed by atoms with Gasteiger partial charge in [-0.1, -0.05) is 25.4 Å². The maximum absolute atomic E-state index is 13.1. The average molecular weight is 448 g/mol. The van der Waals surface area contributed by atoms with Gasteiger partial charge in [-0.25, -0.2) is 0 Å². The van der Waals surface area contributed by atoms with Crippen molar-refractivity contribution in [2.24, 2.45) is 5.92 Å². The van der Waals surface area contributed by atoms with Gasteiger partial charge in [0.2, 0.25) is 5.91 Å². The molecular weight excluding hydrogens is 422 g/mol. The summed E-state index contributed by atoms with van der Waals surface area (Å²) in [6, 6.07) is 9.72. The monoisotopic (exact) mass is 447 g/mol. The molecule has 1 atom stereocenters. The zero-order valence-electron chi connectivity index (χ0n) is 17.4. The van der Waals surface area contributed by atoms with Crippen molar-refractivity contribution in [1.29, 1.82) is 0 Å². The molecule has 6 nitrogen and oxygen atoms in total. The molecule has 0 saturated carbocycles. The normalized spacial score (nSPS) is 15.2. The molecule has 1 aromatic carbocycles.